The molecule has 0 saturated carbocycles. The molecule has 0 aliphatic carbocycles. The molecular weight excluding hydrogens is 401 g/mol. The number of hydrogen-bond donors (Lipinski definition) is 2. The Balaban J connectivity index is 1.51. The van der Waals surface area contributed by atoms with E-state index in [-0.39, 0.29) is 19.4 Å². The number of carbonyl (C=O) groups is 1. The average molecular weight is 421 g/mol. The highest BCUT2D eigenvalue weighted by Crippen LogP contribution is 2.29. The third kappa shape index (κ3) is 4.25. The number of amides is 1. The summed E-state index contributed by atoms with van der Waals surface area (Å²) in [7, 11) is 0. The molecule has 0 radical (unpaired) electrons. The monoisotopic (exact) mass is 421 g/mol. The summed E-state index contributed by atoms with van der Waals surface area (Å²) in [5.74, 6) is 0.690. The zero-order valence-electron chi connectivity index (χ0n) is 16.5. The van der Waals surface area contributed by atoms with Crippen LogP contribution in [-0.4, -0.2) is 40.6 Å². The minimum absolute atomic E-state index is 0.0205. The maximum Gasteiger partial charge on any atom is 0.241 e. The van der Waals surface area contributed by atoms with Crippen molar-refractivity contribution in [3.8, 4) is 17.6 Å². The van der Waals surface area contributed by atoms with Crippen LogP contribution in [0.3, 0.4) is 0 Å². The molecule has 1 aliphatic heterocycles. The highest BCUT2D eigenvalue weighted by Gasteiger charge is 2.37. The Morgan fingerprint density at radius 2 is 2.06 bits per heavy atom. The van der Waals surface area contributed by atoms with Gasteiger partial charge < -0.3 is 20.4 Å². The van der Waals surface area contributed by atoms with Crippen LogP contribution in [0.15, 0.2) is 53.8 Å². The first-order valence-corrected chi connectivity index (χ1v) is 9.79. The first-order chi connectivity index (χ1) is 15.0. The Bertz CT molecular complexity index is 1150. The molecule has 1 aromatic heterocycles. The second-order valence-corrected chi connectivity index (χ2v) is 7.49. The molecule has 9 heteroatoms. The van der Waals surface area contributed by atoms with Crippen molar-refractivity contribution in [2.75, 3.05) is 6.54 Å². The van der Waals surface area contributed by atoms with Gasteiger partial charge in [0.1, 0.15) is 29.4 Å². The Kier molecular flexibility index (Phi) is 5.64. The van der Waals surface area contributed by atoms with Crippen LogP contribution in [0.2, 0.25) is 0 Å². The fourth-order valence-electron chi connectivity index (χ4n) is 3.79. The fraction of sp³-hybridized carbons (Fsp3) is 0.273. The Morgan fingerprint density at radius 3 is 2.77 bits per heavy atom. The lowest BCUT2D eigenvalue weighted by Crippen LogP contribution is -2.46. The number of aromatic amines is 1. The number of benzene rings is 2. The molecule has 31 heavy (non-hydrogen) atoms. The summed E-state index contributed by atoms with van der Waals surface area (Å²) in [4.78, 5) is 27.6. The lowest BCUT2D eigenvalue weighted by Gasteiger charge is -2.23. The molecule has 1 aliphatic rings. The second-order valence-electron chi connectivity index (χ2n) is 7.49. The van der Waals surface area contributed by atoms with Crippen molar-refractivity contribution >= 4 is 22.5 Å². The molecule has 0 unspecified atom stereocenters. The third-order valence-electron chi connectivity index (χ3n) is 5.36. The molecule has 8 nitrogen and oxygen atoms in total. The summed E-state index contributed by atoms with van der Waals surface area (Å²) in [6.07, 6.45) is 0.820. The van der Waals surface area contributed by atoms with Gasteiger partial charge in [-0.3, -0.25) is 4.79 Å². The highest BCUT2D eigenvalue weighted by molar-refractivity contribution is 5.87. The van der Waals surface area contributed by atoms with Crippen LogP contribution in [0.4, 0.5) is 10.1 Å². The number of nitrogens with zero attached hydrogens (tertiary/aromatic N) is 3. The van der Waals surface area contributed by atoms with Crippen molar-refractivity contribution < 1.29 is 13.9 Å². The number of H-pyrrole nitrogens is 1. The number of hydrogen-bond acceptors (Lipinski definition) is 6. The molecular formula is C22H20FN5O3. The number of alkyl halides is 1. The first kappa shape index (κ1) is 20.5. The van der Waals surface area contributed by atoms with Gasteiger partial charge in [-0.2, -0.15) is 5.26 Å². The Morgan fingerprint density at radius 1 is 1.32 bits per heavy atom. The number of halogens is 1. The fourth-order valence-corrected chi connectivity index (χ4v) is 3.79. The minimum atomic E-state index is -1.20. The van der Waals surface area contributed by atoms with Crippen molar-refractivity contribution in [1.29, 1.82) is 5.26 Å². The predicted octanol–water partition coefficient (Wildman–Crippen LogP) is 3.69. The molecule has 3 aromatic rings. The van der Waals surface area contributed by atoms with Crippen LogP contribution in [-0.2, 0) is 11.2 Å². The number of aromatic nitrogens is 1. The van der Waals surface area contributed by atoms with E-state index in [2.05, 4.69) is 10.2 Å². The van der Waals surface area contributed by atoms with Gasteiger partial charge in [0, 0.05) is 23.5 Å². The first-order valence-electron chi connectivity index (χ1n) is 9.79. The zero-order valence-corrected chi connectivity index (χ0v) is 16.5. The molecule has 2 heterocycles. The van der Waals surface area contributed by atoms with E-state index in [0.29, 0.717) is 17.2 Å². The lowest BCUT2D eigenvalue weighted by atomic mass is 10.0. The molecule has 2 aromatic carbocycles. The summed E-state index contributed by atoms with van der Waals surface area (Å²) >= 11 is 0. The molecule has 0 spiro atoms. The number of nitrogens with one attached hydrogen (secondary N) is 1. The van der Waals surface area contributed by atoms with Gasteiger partial charge in [0.05, 0.1) is 18.7 Å². The van der Waals surface area contributed by atoms with E-state index in [1.54, 1.807) is 36.5 Å². The molecule has 3 atom stereocenters. The van der Waals surface area contributed by atoms with Crippen LogP contribution < -0.4 is 10.5 Å². The lowest BCUT2D eigenvalue weighted by molar-refractivity contribution is -0.132. The van der Waals surface area contributed by atoms with Crippen LogP contribution in [0.1, 0.15) is 12.0 Å². The van der Waals surface area contributed by atoms with E-state index >= 15 is 0 Å². The summed E-state index contributed by atoms with van der Waals surface area (Å²) in [6.45, 7) is -0.102. The molecule has 0 bridgehead atoms. The predicted molar refractivity (Wildman–Crippen MR) is 113 cm³/mol. The SMILES string of the molecule is N#C[C@@H]1C[C@H](F)CN1C(=O)[C@@H](N)Cc1c[nH]c2ccc(Oc3ccc(N=O)cc3)cc12. The van der Waals surface area contributed by atoms with Crippen LogP contribution in [0.25, 0.3) is 10.9 Å². The number of nitrogens with two attached hydrogens (primary N) is 1. The number of likely N-dealkylation sites (tertiary alicyclic amines) is 1. The largest absolute Gasteiger partial charge is 0.457 e. The van der Waals surface area contributed by atoms with Crippen LogP contribution in [0, 0.1) is 16.2 Å². The molecule has 4 rings (SSSR count). The van der Waals surface area contributed by atoms with E-state index in [1.807, 2.05) is 18.2 Å². The van der Waals surface area contributed by atoms with E-state index in [9.17, 15) is 19.4 Å². The van der Waals surface area contributed by atoms with Gasteiger partial charge >= 0.3 is 0 Å². The summed E-state index contributed by atoms with van der Waals surface area (Å²) in [5, 5.41) is 12.9. The quantitative estimate of drug-likeness (QED) is 0.587. The van der Waals surface area contributed by atoms with Crippen molar-refractivity contribution in [1.82, 2.24) is 9.88 Å². The topological polar surface area (TPSA) is 125 Å². The smallest absolute Gasteiger partial charge is 0.241 e. The molecule has 1 fully saturated rings. The van der Waals surface area contributed by atoms with E-state index < -0.39 is 24.2 Å². The van der Waals surface area contributed by atoms with Crippen LogP contribution in [0.5, 0.6) is 11.5 Å². The zero-order chi connectivity index (χ0) is 22.0. The van der Waals surface area contributed by atoms with Gasteiger partial charge in [0.25, 0.3) is 0 Å². The summed E-state index contributed by atoms with van der Waals surface area (Å²) in [5.41, 5.74) is 8.10. The Labute approximate surface area is 177 Å². The maximum absolute atomic E-state index is 13.7. The summed E-state index contributed by atoms with van der Waals surface area (Å²) in [6, 6.07) is 12.2. The molecule has 1 saturated heterocycles. The number of carbonyl (C=O) groups excluding carboxylic acids is 1. The number of fused-ring (bicyclic) bond motifs is 1. The van der Waals surface area contributed by atoms with Crippen molar-refractivity contribution in [2.45, 2.75) is 31.1 Å². The summed E-state index contributed by atoms with van der Waals surface area (Å²) < 4.78 is 19.5. The van der Waals surface area contributed by atoms with Gasteiger partial charge in [0.15, 0.2) is 0 Å². The van der Waals surface area contributed by atoms with Crippen LogP contribution >= 0.6 is 0 Å². The number of ether oxygens (including phenoxy) is 1. The van der Waals surface area contributed by atoms with Crippen molar-refractivity contribution in [2.24, 2.45) is 10.9 Å². The number of nitriles is 1. The van der Waals surface area contributed by atoms with Gasteiger partial charge in [-0.05, 0) is 59.6 Å². The minimum Gasteiger partial charge on any atom is -0.457 e. The van der Waals surface area contributed by atoms with Gasteiger partial charge in [0.2, 0.25) is 5.91 Å². The maximum atomic E-state index is 13.7. The second kappa shape index (κ2) is 8.53. The third-order valence-corrected chi connectivity index (χ3v) is 5.36. The highest BCUT2D eigenvalue weighted by atomic mass is 19.1. The molecule has 158 valence electrons. The van der Waals surface area contributed by atoms with Gasteiger partial charge in [-0.1, -0.05) is 0 Å². The molecule has 1 amide bonds. The Hall–Kier alpha value is -3.77. The molecule has 3 N–H and O–H groups in total. The van der Waals surface area contributed by atoms with E-state index in [0.717, 1.165) is 16.5 Å². The normalized spacial score (nSPS) is 19.2. The number of nitroso groups, excluding NO2 is 1. The average Bonchev–Trinajstić information content (AvgIpc) is 3.36. The standard InChI is InChI=1S/C22H20FN5O3/c23-14-8-16(10-24)28(12-14)22(29)20(25)7-13-11-26-21-6-5-18(9-19(13)21)31-17-3-1-15(27-30)2-4-17/h1-6,9,11,14,16,20,26H,7-8,12,25H2/t14-,16-,20-/m0/s1. The van der Waals surface area contributed by atoms with Gasteiger partial charge in [-0.25, -0.2) is 4.39 Å². The van der Waals surface area contributed by atoms with E-state index in [4.69, 9.17) is 10.5 Å². The van der Waals surface area contributed by atoms with Crippen molar-refractivity contribution in [3.63, 3.8) is 0 Å². The number of rotatable bonds is 6. The van der Waals surface area contributed by atoms with E-state index in [1.165, 1.54) is 4.90 Å². The van der Waals surface area contributed by atoms with Crippen molar-refractivity contribution in [3.05, 3.63) is 59.1 Å². The van der Waals surface area contributed by atoms with Gasteiger partial charge in [-0.15, -0.1) is 4.91 Å².